The number of hydrogen-bond donors (Lipinski definition) is 1. The Kier molecular flexibility index (Phi) is 3.68. The van der Waals surface area contributed by atoms with Gasteiger partial charge in [0.1, 0.15) is 5.82 Å². The van der Waals surface area contributed by atoms with Crippen LogP contribution in [0.4, 0.5) is 18.9 Å². The number of rotatable bonds is 2. The Bertz CT molecular complexity index is 845. The number of benzene rings is 2. The molecule has 1 aliphatic heterocycles. The predicted molar refractivity (Wildman–Crippen MR) is 79.6 cm³/mol. The highest BCUT2D eigenvalue weighted by molar-refractivity contribution is 9.10. The highest BCUT2D eigenvalue weighted by Crippen LogP contribution is 2.49. The highest BCUT2D eigenvalue weighted by Gasteiger charge is 2.45. The summed E-state index contributed by atoms with van der Waals surface area (Å²) >= 11 is 8.89. The minimum Gasteiger partial charge on any atom is -0.398 e. The first-order valence-electron chi connectivity index (χ1n) is 6.07. The number of nitrogen functional groups attached to an aromatic ring is 1. The molecule has 0 aliphatic carbocycles. The number of carbonyl (C=O) groups is 1. The maximum atomic E-state index is 13.3. The molecule has 1 aliphatic rings. The molecule has 1 heterocycles. The largest absolute Gasteiger partial charge is 0.586 e. The minimum absolute atomic E-state index is 0.00861. The summed E-state index contributed by atoms with van der Waals surface area (Å²) in [7, 11) is 0. The zero-order chi connectivity index (χ0) is 16.9. The summed E-state index contributed by atoms with van der Waals surface area (Å²) in [5.41, 5.74) is 5.25. The van der Waals surface area contributed by atoms with Crippen molar-refractivity contribution in [3.05, 3.63) is 50.7 Å². The number of nitrogens with two attached hydrogens (primary N) is 1. The van der Waals surface area contributed by atoms with Crippen LogP contribution in [0.2, 0.25) is 5.02 Å². The number of carbonyl (C=O) groups excluding carboxylic acids is 1. The van der Waals surface area contributed by atoms with Gasteiger partial charge in [-0.15, -0.1) is 8.78 Å². The summed E-state index contributed by atoms with van der Waals surface area (Å²) in [5, 5.41) is -0.00861. The van der Waals surface area contributed by atoms with E-state index in [1.165, 1.54) is 6.07 Å². The number of fused-ring (bicyclic) bond motifs is 1. The molecule has 2 N–H and O–H groups in total. The van der Waals surface area contributed by atoms with Gasteiger partial charge in [0.25, 0.3) is 0 Å². The molecule has 23 heavy (non-hydrogen) atoms. The van der Waals surface area contributed by atoms with E-state index in [0.717, 1.165) is 18.2 Å². The molecule has 0 unspecified atom stereocenters. The van der Waals surface area contributed by atoms with Gasteiger partial charge in [-0.05, 0) is 34.1 Å². The fourth-order valence-corrected chi connectivity index (χ4v) is 2.99. The van der Waals surface area contributed by atoms with E-state index in [0.29, 0.717) is 0 Å². The van der Waals surface area contributed by atoms with Crippen molar-refractivity contribution in [1.29, 1.82) is 0 Å². The molecule has 0 spiro atoms. The van der Waals surface area contributed by atoms with Gasteiger partial charge in [-0.2, -0.15) is 0 Å². The lowest BCUT2D eigenvalue weighted by molar-refractivity contribution is -0.286. The van der Waals surface area contributed by atoms with Crippen molar-refractivity contribution in [2.75, 3.05) is 5.73 Å². The Balaban J connectivity index is 2.15. The normalized spacial score (nSPS) is 14.8. The van der Waals surface area contributed by atoms with Gasteiger partial charge >= 0.3 is 6.29 Å². The predicted octanol–water partition coefficient (Wildman–Crippen LogP) is 4.38. The Hall–Kier alpha value is -1.93. The molecular formula is C14H6BrClF3NO3. The van der Waals surface area contributed by atoms with Gasteiger partial charge in [-0.3, -0.25) is 4.79 Å². The topological polar surface area (TPSA) is 61.6 Å². The van der Waals surface area contributed by atoms with Crippen LogP contribution in [-0.4, -0.2) is 12.1 Å². The van der Waals surface area contributed by atoms with E-state index in [1.54, 1.807) is 0 Å². The third-order valence-electron chi connectivity index (χ3n) is 3.07. The van der Waals surface area contributed by atoms with Gasteiger partial charge in [-0.25, -0.2) is 4.39 Å². The van der Waals surface area contributed by atoms with Crippen LogP contribution in [-0.2, 0) is 0 Å². The first kappa shape index (κ1) is 15.9. The summed E-state index contributed by atoms with van der Waals surface area (Å²) in [5.74, 6) is -2.12. The third-order valence-corrected chi connectivity index (χ3v) is 4.15. The van der Waals surface area contributed by atoms with E-state index >= 15 is 0 Å². The number of alkyl halides is 2. The molecule has 120 valence electrons. The zero-order valence-corrected chi connectivity index (χ0v) is 13.3. The Morgan fingerprint density at radius 3 is 2.65 bits per heavy atom. The highest BCUT2D eigenvalue weighted by atomic mass is 79.9. The van der Waals surface area contributed by atoms with E-state index in [4.69, 9.17) is 17.3 Å². The van der Waals surface area contributed by atoms with Crippen molar-refractivity contribution in [2.24, 2.45) is 0 Å². The van der Waals surface area contributed by atoms with Crippen molar-refractivity contribution in [1.82, 2.24) is 0 Å². The van der Waals surface area contributed by atoms with Crippen molar-refractivity contribution >= 4 is 39.0 Å². The molecule has 2 aromatic carbocycles. The number of ether oxygens (including phenoxy) is 2. The van der Waals surface area contributed by atoms with Crippen molar-refractivity contribution in [2.45, 2.75) is 6.29 Å². The second kappa shape index (κ2) is 5.31. The van der Waals surface area contributed by atoms with E-state index in [-0.39, 0.29) is 37.8 Å². The third kappa shape index (κ3) is 2.72. The van der Waals surface area contributed by atoms with Gasteiger partial charge in [0.15, 0.2) is 17.3 Å². The first-order chi connectivity index (χ1) is 10.7. The van der Waals surface area contributed by atoms with Crippen molar-refractivity contribution < 1.29 is 27.4 Å². The van der Waals surface area contributed by atoms with Crippen LogP contribution < -0.4 is 15.2 Å². The Labute approximate surface area is 141 Å². The Morgan fingerprint density at radius 1 is 1.26 bits per heavy atom. The molecule has 0 saturated heterocycles. The molecule has 9 heteroatoms. The molecule has 0 saturated carbocycles. The number of ketones is 1. The average Bonchev–Trinajstić information content (AvgIpc) is 2.76. The molecule has 3 rings (SSSR count). The van der Waals surface area contributed by atoms with E-state index < -0.39 is 17.9 Å². The fourth-order valence-electron chi connectivity index (χ4n) is 2.10. The summed E-state index contributed by atoms with van der Waals surface area (Å²) in [6, 6.07) is 4.24. The molecule has 0 amide bonds. The standard InChI is InChI=1S/C14H6BrClF3NO3/c15-11-10(12(21)6-3-5(17)1-2-7(6)16)8(20)4-9-13(11)23-14(18,19)22-9/h1-4H,20H2. The van der Waals surface area contributed by atoms with E-state index in [9.17, 15) is 18.0 Å². The van der Waals surface area contributed by atoms with E-state index in [1.807, 2.05) is 0 Å². The number of halogens is 5. The lowest BCUT2D eigenvalue weighted by atomic mass is 10.0. The number of anilines is 1. The molecule has 2 aromatic rings. The van der Waals surface area contributed by atoms with Gasteiger partial charge in [0.2, 0.25) is 0 Å². The maximum Gasteiger partial charge on any atom is 0.586 e. The lowest BCUT2D eigenvalue weighted by Gasteiger charge is -2.11. The van der Waals surface area contributed by atoms with E-state index in [2.05, 4.69) is 25.4 Å². The quantitative estimate of drug-likeness (QED) is 0.592. The molecule has 0 bridgehead atoms. The van der Waals surface area contributed by atoms with Crippen molar-refractivity contribution in [3.8, 4) is 11.5 Å². The van der Waals surface area contributed by atoms with Crippen molar-refractivity contribution in [3.63, 3.8) is 0 Å². The lowest BCUT2D eigenvalue weighted by Crippen LogP contribution is -2.26. The summed E-state index contributed by atoms with van der Waals surface area (Å²) in [6.45, 7) is 0. The average molecular weight is 409 g/mol. The van der Waals surface area contributed by atoms with Crippen LogP contribution in [0.3, 0.4) is 0 Å². The molecule has 0 aromatic heterocycles. The number of hydrogen-bond acceptors (Lipinski definition) is 4. The molecule has 4 nitrogen and oxygen atoms in total. The Morgan fingerprint density at radius 2 is 1.96 bits per heavy atom. The summed E-state index contributed by atoms with van der Waals surface area (Å²) in [4.78, 5) is 12.6. The second-order valence-electron chi connectivity index (χ2n) is 4.60. The molecule has 0 fully saturated rings. The molecule has 0 radical (unpaired) electrons. The van der Waals surface area contributed by atoms with Crippen LogP contribution in [0.15, 0.2) is 28.7 Å². The monoisotopic (exact) mass is 407 g/mol. The van der Waals surface area contributed by atoms with Crippen LogP contribution >= 0.6 is 27.5 Å². The molecule has 0 atom stereocenters. The zero-order valence-electron chi connectivity index (χ0n) is 11.0. The minimum atomic E-state index is -3.87. The summed E-state index contributed by atoms with van der Waals surface area (Å²) in [6.07, 6.45) is -3.87. The fraction of sp³-hybridized carbons (Fsp3) is 0.0714. The van der Waals surface area contributed by atoms with Gasteiger partial charge in [-0.1, -0.05) is 11.6 Å². The van der Waals surface area contributed by atoms with Gasteiger partial charge in [0, 0.05) is 17.3 Å². The second-order valence-corrected chi connectivity index (χ2v) is 5.80. The SMILES string of the molecule is Nc1cc2c(c(Br)c1C(=O)c1cc(F)ccc1Cl)OC(F)(F)O2. The van der Waals surface area contributed by atoms with Crippen LogP contribution in [0, 0.1) is 5.82 Å². The van der Waals surface area contributed by atoms with Gasteiger partial charge in [0.05, 0.1) is 15.1 Å². The maximum absolute atomic E-state index is 13.3. The van der Waals surface area contributed by atoms with Gasteiger partial charge < -0.3 is 15.2 Å². The molecular weight excluding hydrogens is 403 g/mol. The first-order valence-corrected chi connectivity index (χ1v) is 7.24. The smallest absolute Gasteiger partial charge is 0.398 e. The van der Waals surface area contributed by atoms with Crippen LogP contribution in [0.25, 0.3) is 0 Å². The summed E-state index contributed by atoms with van der Waals surface area (Å²) < 4.78 is 48.2. The van der Waals surface area contributed by atoms with Crippen LogP contribution in [0.1, 0.15) is 15.9 Å². The van der Waals surface area contributed by atoms with Crippen LogP contribution in [0.5, 0.6) is 11.5 Å².